The number of benzene rings is 1. The van der Waals surface area contributed by atoms with E-state index in [-0.39, 0.29) is 6.79 Å². The highest BCUT2D eigenvalue weighted by Gasteiger charge is 2.20. The second-order valence-electron chi connectivity index (χ2n) is 5.03. The van der Waals surface area contributed by atoms with Crippen LogP contribution in [-0.2, 0) is 0 Å². The van der Waals surface area contributed by atoms with Crippen molar-refractivity contribution in [2.75, 3.05) is 25.7 Å². The molecule has 112 valence electrons. The molecule has 2 aromatic rings. The molecular weight excluding hydrogens is 286 g/mol. The lowest BCUT2D eigenvalue weighted by atomic mass is 10.0. The van der Waals surface area contributed by atoms with Crippen LogP contribution in [0.4, 0.5) is 5.13 Å². The number of nitrogens with two attached hydrogens (primary N) is 1. The smallest absolute Gasteiger partial charge is 0.231 e. The molecule has 6 heteroatoms. The van der Waals surface area contributed by atoms with Crippen LogP contribution in [0, 0.1) is 0 Å². The van der Waals surface area contributed by atoms with E-state index < -0.39 is 0 Å². The Labute approximate surface area is 128 Å². The number of ether oxygens (including phenoxy) is 2. The van der Waals surface area contributed by atoms with E-state index >= 15 is 0 Å². The van der Waals surface area contributed by atoms with Gasteiger partial charge in [-0.15, -0.1) is 11.3 Å². The van der Waals surface area contributed by atoms with Gasteiger partial charge in [0, 0.05) is 17.5 Å². The maximum atomic E-state index is 5.70. The fourth-order valence-electron chi connectivity index (χ4n) is 2.40. The summed E-state index contributed by atoms with van der Waals surface area (Å²) in [5, 5.41) is 4.05. The summed E-state index contributed by atoms with van der Waals surface area (Å²) in [6.07, 6.45) is 0.947. The monoisotopic (exact) mass is 305 g/mol. The second kappa shape index (κ2) is 5.91. The fraction of sp³-hybridized carbons (Fsp3) is 0.400. The van der Waals surface area contributed by atoms with Gasteiger partial charge >= 0.3 is 0 Å². The molecule has 3 rings (SSSR count). The summed E-state index contributed by atoms with van der Waals surface area (Å²) in [4.78, 5) is 5.95. The lowest BCUT2D eigenvalue weighted by Crippen LogP contribution is -2.04. The Morgan fingerprint density at radius 1 is 1.38 bits per heavy atom. The molecule has 1 unspecified atom stereocenters. The van der Waals surface area contributed by atoms with Crippen LogP contribution in [0.2, 0.25) is 0 Å². The van der Waals surface area contributed by atoms with E-state index in [9.17, 15) is 0 Å². The van der Waals surface area contributed by atoms with Crippen molar-refractivity contribution >= 4 is 16.5 Å². The van der Waals surface area contributed by atoms with E-state index in [0.29, 0.717) is 12.5 Å². The quantitative estimate of drug-likeness (QED) is 0.888. The molecule has 0 amide bonds. The van der Waals surface area contributed by atoms with Gasteiger partial charge in [0.05, 0.1) is 5.69 Å². The third-order valence-corrected chi connectivity index (χ3v) is 4.86. The highest BCUT2D eigenvalue weighted by Crippen LogP contribution is 2.41. The summed E-state index contributed by atoms with van der Waals surface area (Å²) in [6, 6.07) is 5.96. The standard InChI is InChI=1S/C15H19N3O2S/c1-9(5-6-16)14-13(18-15(17-2)21-14)10-3-4-11-12(7-10)20-8-19-11/h3-4,7,9H,5-6,8,16H2,1-2H3,(H,17,18). The third kappa shape index (κ3) is 2.69. The van der Waals surface area contributed by atoms with Crippen LogP contribution in [0.25, 0.3) is 11.3 Å². The van der Waals surface area contributed by atoms with Gasteiger partial charge in [-0.1, -0.05) is 6.92 Å². The Morgan fingerprint density at radius 3 is 2.95 bits per heavy atom. The van der Waals surface area contributed by atoms with Gasteiger partial charge in [-0.05, 0) is 37.1 Å². The number of anilines is 1. The van der Waals surface area contributed by atoms with Crippen molar-refractivity contribution in [2.24, 2.45) is 5.73 Å². The molecule has 21 heavy (non-hydrogen) atoms. The van der Waals surface area contributed by atoms with Crippen molar-refractivity contribution in [1.82, 2.24) is 4.98 Å². The maximum absolute atomic E-state index is 5.70. The zero-order valence-electron chi connectivity index (χ0n) is 12.2. The van der Waals surface area contributed by atoms with E-state index in [1.165, 1.54) is 4.88 Å². The Kier molecular flexibility index (Phi) is 3.98. The van der Waals surface area contributed by atoms with Gasteiger partial charge < -0.3 is 20.5 Å². The normalized spacial score (nSPS) is 14.2. The van der Waals surface area contributed by atoms with E-state index in [2.05, 4.69) is 12.2 Å². The van der Waals surface area contributed by atoms with Crippen molar-refractivity contribution in [3.8, 4) is 22.8 Å². The minimum absolute atomic E-state index is 0.286. The number of fused-ring (bicyclic) bond motifs is 1. The fourth-order valence-corrected chi connectivity index (χ4v) is 3.43. The largest absolute Gasteiger partial charge is 0.454 e. The zero-order valence-corrected chi connectivity index (χ0v) is 13.0. The van der Waals surface area contributed by atoms with Crippen LogP contribution in [0.5, 0.6) is 11.5 Å². The van der Waals surface area contributed by atoms with E-state index in [0.717, 1.165) is 34.3 Å². The third-order valence-electron chi connectivity index (χ3n) is 3.56. The Hall–Kier alpha value is -1.79. The first-order chi connectivity index (χ1) is 10.2. The number of hydrogen-bond donors (Lipinski definition) is 2. The van der Waals surface area contributed by atoms with Crippen LogP contribution < -0.4 is 20.5 Å². The average molecular weight is 305 g/mol. The molecular formula is C15H19N3O2S. The summed E-state index contributed by atoms with van der Waals surface area (Å²) >= 11 is 1.69. The molecule has 0 fully saturated rings. The SMILES string of the molecule is CNc1nc(-c2ccc3c(c2)OCO3)c(C(C)CCN)s1. The predicted octanol–water partition coefficient (Wildman–Crippen LogP) is 3.03. The molecule has 3 N–H and O–H groups in total. The highest BCUT2D eigenvalue weighted by molar-refractivity contribution is 7.16. The van der Waals surface area contributed by atoms with Gasteiger partial charge in [0.1, 0.15) is 0 Å². The number of hydrogen-bond acceptors (Lipinski definition) is 6. The molecule has 0 spiro atoms. The first kappa shape index (κ1) is 14.2. The molecule has 1 aromatic heterocycles. The molecule has 1 aliphatic rings. The molecule has 0 saturated carbocycles. The number of thiazole rings is 1. The van der Waals surface area contributed by atoms with Crippen molar-refractivity contribution < 1.29 is 9.47 Å². The Balaban J connectivity index is 2.02. The Bertz CT molecular complexity index is 642. The van der Waals surface area contributed by atoms with Gasteiger partial charge in [0.25, 0.3) is 0 Å². The van der Waals surface area contributed by atoms with E-state index in [1.54, 1.807) is 11.3 Å². The first-order valence-electron chi connectivity index (χ1n) is 7.01. The van der Waals surface area contributed by atoms with Gasteiger partial charge in [0.2, 0.25) is 6.79 Å². The summed E-state index contributed by atoms with van der Waals surface area (Å²) in [6.45, 7) is 3.15. The summed E-state index contributed by atoms with van der Waals surface area (Å²) in [5.74, 6) is 1.96. The zero-order chi connectivity index (χ0) is 14.8. The lowest BCUT2D eigenvalue weighted by molar-refractivity contribution is 0.174. The first-order valence-corrected chi connectivity index (χ1v) is 7.83. The highest BCUT2D eigenvalue weighted by atomic mass is 32.1. The Morgan fingerprint density at radius 2 is 2.19 bits per heavy atom. The van der Waals surface area contributed by atoms with Crippen molar-refractivity contribution in [2.45, 2.75) is 19.3 Å². The number of rotatable bonds is 5. The number of nitrogens with one attached hydrogen (secondary N) is 1. The molecule has 2 heterocycles. The van der Waals surface area contributed by atoms with Gasteiger partial charge in [-0.3, -0.25) is 0 Å². The lowest BCUT2D eigenvalue weighted by Gasteiger charge is -2.10. The maximum Gasteiger partial charge on any atom is 0.231 e. The topological polar surface area (TPSA) is 69.4 Å². The van der Waals surface area contributed by atoms with Crippen LogP contribution in [0.3, 0.4) is 0 Å². The van der Waals surface area contributed by atoms with E-state index in [4.69, 9.17) is 20.2 Å². The van der Waals surface area contributed by atoms with Gasteiger partial charge in [0.15, 0.2) is 16.6 Å². The number of aromatic nitrogens is 1. The summed E-state index contributed by atoms with van der Waals surface area (Å²) < 4.78 is 10.8. The van der Waals surface area contributed by atoms with E-state index in [1.807, 2.05) is 25.2 Å². The van der Waals surface area contributed by atoms with Gasteiger partial charge in [-0.2, -0.15) is 0 Å². The molecule has 0 radical (unpaired) electrons. The van der Waals surface area contributed by atoms with Crippen LogP contribution in [0.15, 0.2) is 18.2 Å². The molecule has 1 atom stereocenters. The molecule has 0 saturated heterocycles. The molecule has 0 bridgehead atoms. The predicted molar refractivity (Wildman–Crippen MR) is 85.3 cm³/mol. The molecule has 1 aliphatic heterocycles. The minimum atomic E-state index is 0.286. The van der Waals surface area contributed by atoms with Crippen molar-refractivity contribution in [3.05, 3.63) is 23.1 Å². The molecule has 0 aliphatic carbocycles. The molecule has 5 nitrogen and oxygen atoms in total. The van der Waals surface area contributed by atoms with Gasteiger partial charge in [-0.25, -0.2) is 4.98 Å². The van der Waals surface area contributed by atoms with Crippen molar-refractivity contribution in [1.29, 1.82) is 0 Å². The minimum Gasteiger partial charge on any atom is -0.454 e. The van der Waals surface area contributed by atoms with Crippen LogP contribution >= 0.6 is 11.3 Å². The van der Waals surface area contributed by atoms with Crippen LogP contribution in [-0.4, -0.2) is 25.4 Å². The average Bonchev–Trinajstić information content (AvgIpc) is 3.13. The summed E-state index contributed by atoms with van der Waals surface area (Å²) in [5.41, 5.74) is 7.76. The van der Waals surface area contributed by atoms with Crippen LogP contribution in [0.1, 0.15) is 24.1 Å². The molecule has 1 aromatic carbocycles. The van der Waals surface area contributed by atoms with Crippen molar-refractivity contribution in [3.63, 3.8) is 0 Å². The number of nitrogens with zero attached hydrogens (tertiary/aromatic N) is 1. The second-order valence-corrected chi connectivity index (χ2v) is 6.06. The summed E-state index contributed by atoms with van der Waals surface area (Å²) in [7, 11) is 1.89.